The van der Waals surface area contributed by atoms with Gasteiger partial charge < -0.3 is 10.2 Å². The number of anilines is 3. The van der Waals surface area contributed by atoms with Crippen LogP contribution in [0, 0.1) is 12.8 Å². The van der Waals surface area contributed by atoms with Crippen LogP contribution in [0.15, 0.2) is 18.2 Å². The highest BCUT2D eigenvalue weighted by Crippen LogP contribution is 2.31. The van der Waals surface area contributed by atoms with Gasteiger partial charge in [0.1, 0.15) is 5.82 Å². The number of aryl methyl sites for hydroxylation is 3. The zero-order valence-corrected chi connectivity index (χ0v) is 16.5. The minimum absolute atomic E-state index is 0.653. The first-order chi connectivity index (χ1) is 12.6. The Kier molecular flexibility index (Phi) is 6.07. The molecule has 5 heteroatoms. The van der Waals surface area contributed by atoms with Gasteiger partial charge in [0, 0.05) is 18.8 Å². The van der Waals surface area contributed by atoms with Gasteiger partial charge in [0.25, 0.3) is 0 Å². The first-order valence-corrected chi connectivity index (χ1v) is 9.99. The molecule has 0 atom stereocenters. The lowest BCUT2D eigenvalue weighted by molar-refractivity contribution is 0.684. The maximum atomic E-state index is 4.77. The van der Waals surface area contributed by atoms with Crippen molar-refractivity contribution >= 4 is 17.6 Å². The van der Waals surface area contributed by atoms with Gasteiger partial charge in [0.15, 0.2) is 0 Å². The van der Waals surface area contributed by atoms with Crippen molar-refractivity contribution in [2.24, 2.45) is 5.92 Å². The summed E-state index contributed by atoms with van der Waals surface area (Å²) in [5.41, 5.74) is 3.75. The molecule has 2 aromatic rings. The van der Waals surface area contributed by atoms with Crippen LogP contribution in [0.5, 0.6) is 0 Å². The van der Waals surface area contributed by atoms with Gasteiger partial charge in [-0.3, -0.25) is 0 Å². The number of rotatable bonds is 9. The van der Waals surface area contributed by atoms with Gasteiger partial charge in [-0.05, 0) is 56.1 Å². The summed E-state index contributed by atoms with van der Waals surface area (Å²) in [7, 11) is 0. The maximum absolute atomic E-state index is 4.77. The molecule has 0 radical (unpaired) electrons. The number of benzene rings is 1. The van der Waals surface area contributed by atoms with E-state index in [1.165, 1.54) is 24.0 Å². The lowest BCUT2D eigenvalue weighted by atomic mass is 10.0. The van der Waals surface area contributed by atoms with Gasteiger partial charge in [-0.25, -0.2) is 0 Å². The number of para-hydroxylation sites is 1. The fraction of sp³-hybridized carbons (Fsp3) is 0.571. The number of hydrogen-bond donors (Lipinski definition) is 1. The molecule has 1 saturated carbocycles. The van der Waals surface area contributed by atoms with Gasteiger partial charge in [-0.15, -0.1) is 0 Å². The molecule has 0 saturated heterocycles. The van der Waals surface area contributed by atoms with Crippen LogP contribution in [0.4, 0.5) is 17.6 Å². The molecule has 1 aromatic heterocycles. The molecular weight excluding hydrogens is 322 g/mol. The molecule has 0 spiro atoms. The van der Waals surface area contributed by atoms with Gasteiger partial charge in [-0.1, -0.05) is 39.0 Å². The summed E-state index contributed by atoms with van der Waals surface area (Å²) in [6.45, 7) is 10.6. The Morgan fingerprint density at radius 1 is 1.04 bits per heavy atom. The smallest absolute Gasteiger partial charge is 0.232 e. The van der Waals surface area contributed by atoms with Crippen LogP contribution in [-0.4, -0.2) is 28.0 Å². The quantitative estimate of drug-likeness (QED) is 0.709. The average Bonchev–Trinajstić information content (AvgIpc) is 3.45. The molecule has 0 bridgehead atoms. The molecular formula is C21H31N5. The lowest BCUT2D eigenvalue weighted by Crippen LogP contribution is -2.29. The highest BCUT2D eigenvalue weighted by atomic mass is 15.3. The first kappa shape index (κ1) is 18.6. The van der Waals surface area contributed by atoms with E-state index in [4.69, 9.17) is 4.98 Å². The lowest BCUT2D eigenvalue weighted by Gasteiger charge is -2.23. The molecule has 1 fully saturated rings. The van der Waals surface area contributed by atoms with Gasteiger partial charge in [0.05, 0.1) is 0 Å². The highest BCUT2D eigenvalue weighted by molar-refractivity contribution is 5.64. The summed E-state index contributed by atoms with van der Waals surface area (Å²) in [6.07, 6.45) is 5.73. The van der Waals surface area contributed by atoms with Crippen LogP contribution in [0.3, 0.4) is 0 Å². The van der Waals surface area contributed by atoms with Crippen molar-refractivity contribution in [1.82, 2.24) is 15.0 Å². The van der Waals surface area contributed by atoms with E-state index in [0.29, 0.717) is 5.95 Å². The van der Waals surface area contributed by atoms with E-state index in [1.807, 2.05) is 6.92 Å². The van der Waals surface area contributed by atoms with E-state index in [-0.39, 0.29) is 0 Å². The summed E-state index contributed by atoms with van der Waals surface area (Å²) in [4.78, 5) is 16.3. The van der Waals surface area contributed by atoms with Crippen molar-refractivity contribution in [1.29, 1.82) is 0 Å². The highest BCUT2D eigenvalue weighted by Gasteiger charge is 2.25. The van der Waals surface area contributed by atoms with Crippen molar-refractivity contribution in [2.45, 2.75) is 59.8 Å². The molecule has 0 aliphatic heterocycles. The average molecular weight is 354 g/mol. The van der Waals surface area contributed by atoms with Crippen LogP contribution >= 0.6 is 0 Å². The standard InChI is InChI=1S/C21H31N5/c1-5-13-26(14-16-11-12-16)21-23-15(4)22-20(25-21)24-19-17(6-2)9-8-10-18(19)7-3/h8-10,16H,5-7,11-14H2,1-4H3,(H,22,23,24,25). The monoisotopic (exact) mass is 353 g/mol. The SMILES string of the molecule is CCCN(CC1CC1)c1nc(C)nc(Nc2c(CC)cccc2CC)n1. The molecule has 1 N–H and O–H groups in total. The summed E-state index contributed by atoms with van der Waals surface area (Å²) in [5, 5.41) is 3.50. The molecule has 140 valence electrons. The molecule has 1 aliphatic carbocycles. The fourth-order valence-electron chi connectivity index (χ4n) is 3.33. The van der Waals surface area contributed by atoms with Crippen molar-refractivity contribution in [3.8, 4) is 0 Å². The Bertz CT molecular complexity index is 717. The molecule has 1 aromatic carbocycles. The van der Waals surface area contributed by atoms with Crippen LogP contribution in [0.2, 0.25) is 0 Å². The van der Waals surface area contributed by atoms with E-state index in [9.17, 15) is 0 Å². The number of nitrogens with one attached hydrogen (secondary N) is 1. The van der Waals surface area contributed by atoms with Gasteiger partial charge in [0.2, 0.25) is 11.9 Å². The van der Waals surface area contributed by atoms with Crippen molar-refractivity contribution < 1.29 is 0 Å². The Morgan fingerprint density at radius 2 is 1.73 bits per heavy atom. The second kappa shape index (κ2) is 8.47. The maximum Gasteiger partial charge on any atom is 0.232 e. The third kappa shape index (κ3) is 4.51. The zero-order valence-electron chi connectivity index (χ0n) is 16.5. The summed E-state index contributed by atoms with van der Waals surface area (Å²) >= 11 is 0. The largest absolute Gasteiger partial charge is 0.340 e. The summed E-state index contributed by atoms with van der Waals surface area (Å²) in [5.74, 6) is 3.03. The number of aromatic nitrogens is 3. The minimum Gasteiger partial charge on any atom is -0.340 e. The van der Waals surface area contributed by atoms with Crippen LogP contribution < -0.4 is 10.2 Å². The Balaban J connectivity index is 1.90. The van der Waals surface area contributed by atoms with E-state index in [2.05, 4.69) is 59.2 Å². The first-order valence-electron chi connectivity index (χ1n) is 9.99. The van der Waals surface area contributed by atoms with Gasteiger partial charge >= 0.3 is 0 Å². The van der Waals surface area contributed by atoms with Crippen LogP contribution in [0.25, 0.3) is 0 Å². The normalized spacial score (nSPS) is 13.7. The Hall–Kier alpha value is -2.17. The molecule has 3 rings (SSSR count). The Labute approximate surface area is 157 Å². The van der Waals surface area contributed by atoms with E-state index in [0.717, 1.165) is 55.7 Å². The summed E-state index contributed by atoms with van der Waals surface area (Å²) in [6, 6.07) is 6.48. The third-order valence-electron chi connectivity index (χ3n) is 4.92. The van der Waals surface area contributed by atoms with Crippen LogP contribution in [-0.2, 0) is 12.8 Å². The minimum atomic E-state index is 0.653. The van der Waals surface area contributed by atoms with Crippen molar-refractivity contribution in [3.63, 3.8) is 0 Å². The number of nitrogens with zero attached hydrogens (tertiary/aromatic N) is 4. The molecule has 0 amide bonds. The predicted molar refractivity (Wildman–Crippen MR) is 108 cm³/mol. The topological polar surface area (TPSA) is 53.9 Å². The molecule has 1 heterocycles. The van der Waals surface area contributed by atoms with E-state index >= 15 is 0 Å². The van der Waals surface area contributed by atoms with E-state index in [1.54, 1.807) is 0 Å². The second-order valence-electron chi connectivity index (χ2n) is 7.18. The second-order valence-corrected chi connectivity index (χ2v) is 7.18. The van der Waals surface area contributed by atoms with Crippen molar-refractivity contribution in [2.75, 3.05) is 23.3 Å². The van der Waals surface area contributed by atoms with Crippen LogP contribution in [0.1, 0.15) is 57.0 Å². The zero-order chi connectivity index (χ0) is 18.5. The van der Waals surface area contributed by atoms with Crippen molar-refractivity contribution in [3.05, 3.63) is 35.2 Å². The van der Waals surface area contributed by atoms with Gasteiger partial charge in [-0.2, -0.15) is 15.0 Å². The molecule has 0 unspecified atom stereocenters. The molecule has 26 heavy (non-hydrogen) atoms. The predicted octanol–water partition coefficient (Wildman–Crippen LogP) is 4.67. The third-order valence-corrected chi connectivity index (χ3v) is 4.92. The molecule has 5 nitrogen and oxygen atoms in total. The Morgan fingerprint density at radius 3 is 2.31 bits per heavy atom. The number of hydrogen-bond acceptors (Lipinski definition) is 5. The fourth-order valence-corrected chi connectivity index (χ4v) is 3.33. The molecule has 1 aliphatic rings. The van der Waals surface area contributed by atoms with E-state index < -0.39 is 0 Å². The summed E-state index contributed by atoms with van der Waals surface area (Å²) < 4.78 is 0.